The molecule has 0 aliphatic heterocycles. The fraction of sp³-hybridized carbons (Fsp3) is 0.895. The summed E-state index contributed by atoms with van der Waals surface area (Å²) in [4.78, 5) is 10.0. The first kappa shape index (κ1) is 21.6. The van der Waals surface area contributed by atoms with Gasteiger partial charge in [0.2, 0.25) is 0 Å². The van der Waals surface area contributed by atoms with Gasteiger partial charge in [-0.15, -0.1) is 0 Å². The van der Waals surface area contributed by atoms with Crippen LogP contribution in [-0.4, -0.2) is 18.4 Å². The molecule has 0 aromatic carbocycles. The molecule has 0 fully saturated rings. The van der Waals surface area contributed by atoms with Gasteiger partial charge in [-0.25, -0.2) is 0 Å². The molecule has 2 nitrogen and oxygen atoms in total. The van der Waals surface area contributed by atoms with Crippen LogP contribution in [0.3, 0.4) is 0 Å². The minimum Gasteiger partial charge on any atom is -0.490 e. The van der Waals surface area contributed by atoms with E-state index < -0.39 is 0 Å². The zero-order valence-corrected chi connectivity index (χ0v) is 15.1. The van der Waals surface area contributed by atoms with E-state index in [-0.39, 0.29) is 0 Å². The van der Waals surface area contributed by atoms with E-state index in [4.69, 9.17) is 4.74 Å². The van der Waals surface area contributed by atoms with E-state index in [9.17, 15) is 4.79 Å². The highest BCUT2D eigenvalue weighted by Crippen LogP contribution is 2.13. The van der Waals surface area contributed by atoms with E-state index in [2.05, 4.69) is 12.2 Å². The molecule has 0 saturated carbocycles. The first-order valence-corrected chi connectivity index (χ1v) is 9.79. The summed E-state index contributed by atoms with van der Waals surface area (Å²) in [7, 11) is 0. The monoisotopic (exact) mass is 327 g/mol. The van der Waals surface area contributed by atoms with Crippen LogP contribution >= 0.6 is 12.2 Å². The Bertz CT molecular complexity index is 207. The SMILES string of the molecule is O=[C]CCCCCCCCCCCCCCCCCOC=S. The summed E-state index contributed by atoms with van der Waals surface area (Å²) in [5, 5.41) is 0. The molecular weight excluding hydrogens is 292 g/mol. The van der Waals surface area contributed by atoms with Crippen molar-refractivity contribution >= 4 is 24.1 Å². The molecule has 0 aliphatic rings. The highest BCUT2D eigenvalue weighted by atomic mass is 32.1. The molecule has 3 heteroatoms. The minimum absolute atomic E-state index is 0.626. The lowest BCUT2D eigenvalue weighted by Gasteiger charge is -2.03. The third kappa shape index (κ3) is 19.6. The first-order chi connectivity index (χ1) is 10.9. The van der Waals surface area contributed by atoms with Crippen LogP contribution in [0.15, 0.2) is 0 Å². The standard InChI is InChI=1S/C19H35O2S/c20-17-15-13-11-9-7-5-3-1-2-4-6-8-10-12-14-16-18-21-19-22/h19H,1-16,18H2. The van der Waals surface area contributed by atoms with Crippen LogP contribution in [0, 0.1) is 0 Å². The summed E-state index contributed by atoms with van der Waals surface area (Å²) in [6, 6.07) is 0. The Morgan fingerprint density at radius 1 is 0.636 bits per heavy atom. The lowest BCUT2D eigenvalue weighted by Crippen LogP contribution is -1.90. The second-order valence-electron chi connectivity index (χ2n) is 6.16. The van der Waals surface area contributed by atoms with Gasteiger partial charge in [0.15, 0.2) is 6.29 Å². The van der Waals surface area contributed by atoms with Gasteiger partial charge in [-0.3, -0.25) is 4.79 Å². The maximum Gasteiger partial charge on any atom is 0.198 e. The Labute approximate surface area is 143 Å². The van der Waals surface area contributed by atoms with Crippen molar-refractivity contribution in [2.24, 2.45) is 0 Å². The number of hydrogen-bond acceptors (Lipinski definition) is 3. The topological polar surface area (TPSA) is 26.3 Å². The summed E-state index contributed by atoms with van der Waals surface area (Å²) >= 11 is 4.61. The zero-order valence-electron chi connectivity index (χ0n) is 14.3. The molecule has 0 amide bonds. The van der Waals surface area contributed by atoms with Crippen molar-refractivity contribution in [1.29, 1.82) is 0 Å². The third-order valence-corrected chi connectivity index (χ3v) is 4.25. The van der Waals surface area contributed by atoms with Crippen LogP contribution in [0.2, 0.25) is 0 Å². The molecule has 0 aromatic heterocycles. The van der Waals surface area contributed by atoms with Gasteiger partial charge in [-0.1, -0.05) is 83.5 Å². The van der Waals surface area contributed by atoms with Crippen LogP contribution in [0.4, 0.5) is 0 Å². The predicted octanol–water partition coefficient (Wildman–Crippen LogP) is 6.31. The van der Waals surface area contributed by atoms with Crippen molar-refractivity contribution in [2.45, 2.75) is 103 Å². The van der Waals surface area contributed by atoms with Crippen molar-refractivity contribution in [3.63, 3.8) is 0 Å². The Morgan fingerprint density at radius 2 is 1.00 bits per heavy atom. The van der Waals surface area contributed by atoms with E-state index in [1.54, 1.807) is 0 Å². The van der Waals surface area contributed by atoms with Gasteiger partial charge in [0.1, 0.15) is 5.55 Å². The summed E-state index contributed by atoms with van der Waals surface area (Å²) in [5.41, 5.74) is 1.37. The summed E-state index contributed by atoms with van der Waals surface area (Å²) < 4.78 is 5.03. The fourth-order valence-corrected chi connectivity index (χ4v) is 2.82. The molecule has 0 aromatic rings. The van der Waals surface area contributed by atoms with Gasteiger partial charge in [-0.2, -0.15) is 0 Å². The summed E-state index contributed by atoms with van der Waals surface area (Å²) in [6.45, 7) is 0.791. The molecular formula is C19H35O2S. The molecule has 129 valence electrons. The highest BCUT2D eigenvalue weighted by molar-refractivity contribution is 7.78. The van der Waals surface area contributed by atoms with Gasteiger partial charge in [0.25, 0.3) is 0 Å². The molecule has 0 rings (SSSR count). The van der Waals surface area contributed by atoms with Gasteiger partial charge >= 0.3 is 0 Å². The Morgan fingerprint density at radius 3 is 1.36 bits per heavy atom. The van der Waals surface area contributed by atoms with Crippen LogP contribution in [0.25, 0.3) is 0 Å². The van der Waals surface area contributed by atoms with Crippen LogP contribution in [0.1, 0.15) is 103 Å². The highest BCUT2D eigenvalue weighted by Gasteiger charge is 1.94. The second-order valence-corrected chi connectivity index (χ2v) is 6.36. The van der Waals surface area contributed by atoms with Crippen molar-refractivity contribution < 1.29 is 9.53 Å². The molecule has 0 aliphatic carbocycles. The van der Waals surface area contributed by atoms with Crippen molar-refractivity contribution in [2.75, 3.05) is 6.61 Å². The number of unbranched alkanes of at least 4 members (excludes halogenated alkanes) is 15. The number of hydrogen-bond donors (Lipinski definition) is 0. The normalized spacial score (nSPS) is 10.5. The third-order valence-electron chi connectivity index (χ3n) is 4.11. The molecule has 22 heavy (non-hydrogen) atoms. The summed E-state index contributed by atoms with van der Waals surface area (Å²) in [6.07, 6.45) is 22.3. The average molecular weight is 328 g/mol. The minimum atomic E-state index is 0.626. The largest absolute Gasteiger partial charge is 0.490 e. The Balaban J connectivity index is 2.94. The maximum absolute atomic E-state index is 10.0. The van der Waals surface area contributed by atoms with Crippen LogP contribution in [0.5, 0.6) is 0 Å². The molecule has 0 atom stereocenters. The molecule has 0 unspecified atom stereocenters. The molecule has 0 N–H and O–H groups in total. The summed E-state index contributed by atoms with van der Waals surface area (Å²) in [5.74, 6) is 0. The number of rotatable bonds is 19. The van der Waals surface area contributed by atoms with Gasteiger partial charge in [0, 0.05) is 6.42 Å². The Hall–Kier alpha value is -0.440. The van der Waals surface area contributed by atoms with Gasteiger partial charge in [0.05, 0.1) is 6.61 Å². The molecule has 0 heterocycles. The Kier molecular flexibility index (Phi) is 20.1. The average Bonchev–Trinajstić information content (AvgIpc) is 2.54. The molecule has 1 radical (unpaired) electrons. The van der Waals surface area contributed by atoms with Crippen LogP contribution < -0.4 is 0 Å². The smallest absolute Gasteiger partial charge is 0.198 e. The van der Waals surface area contributed by atoms with E-state index in [0.717, 1.165) is 19.4 Å². The quantitative estimate of drug-likeness (QED) is 0.205. The second kappa shape index (κ2) is 20.6. The number of thiocarbonyl (C=S) groups is 1. The fourth-order valence-electron chi connectivity index (χ4n) is 2.73. The van der Waals surface area contributed by atoms with Crippen LogP contribution in [-0.2, 0) is 9.53 Å². The first-order valence-electron chi connectivity index (χ1n) is 9.32. The van der Waals surface area contributed by atoms with E-state index in [1.807, 2.05) is 6.29 Å². The van der Waals surface area contributed by atoms with E-state index >= 15 is 0 Å². The predicted molar refractivity (Wildman–Crippen MR) is 99.2 cm³/mol. The zero-order chi connectivity index (χ0) is 16.1. The van der Waals surface area contributed by atoms with Crippen molar-refractivity contribution in [3.05, 3.63) is 0 Å². The molecule has 0 spiro atoms. The lowest BCUT2D eigenvalue weighted by molar-refractivity contribution is 0.312. The van der Waals surface area contributed by atoms with E-state index in [0.29, 0.717) is 6.42 Å². The molecule has 0 bridgehead atoms. The van der Waals surface area contributed by atoms with Gasteiger partial charge in [-0.05, 0) is 25.1 Å². The van der Waals surface area contributed by atoms with Crippen molar-refractivity contribution in [1.82, 2.24) is 0 Å². The van der Waals surface area contributed by atoms with Gasteiger partial charge < -0.3 is 4.74 Å². The lowest BCUT2D eigenvalue weighted by atomic mass is 10.0. The van der Waals surface area contributed by atoms with Crippen molar-refractivity contribution in [3.8, 4) is 0 Å². The van der Waals surface area contributed by atoms with E-state index in [1.165, 1.54) is 89.0 Å². The molecule has 0 saturated heterocycles. The maximum atomic E-state index is 10.0. The number of ether oxygens (including phenoxy) is 1. The number of carbonyl (C=O) groups excluding carboxylic acids is 1.